The summed E-state index contributed by atoms with van der Waals surface area (Å²) in [4.78, 5) is 13.5. The Balaban J connectivity index is 2.31. The van der Waals surface area contributed by atoms with Gasteiger partial charge in [0.25, 0.3) is 0 Å². The number of carbonyl (C=O) groups excluding carboxylic acids is 1. The topological polar surface area (TPSA) is 52.6 Å². The first-order chi connectivity index (χ1) is 7.27. The first kappa shape index (κ1) is 12.8. The van der Waals surface area contributed by atoms with Crippen LogP contribution < -0.4 is 5.32 Å². The molecule has 1 aliphatic rings. The Labute approximate surface area is 95.4 Å². The molecule has 0 bridgehead atoms. The van der Waals surface area contributed by atoms with E-state index < -0.39 is 0 Å². The Morgan fingerprint density at radius 2 is 2.47 bits per heavy atom. The van der Waals surface area contributed by atoms with Crippen LogP contribution in [0.15, 0.2) is 0 Å². The zero-order valence-electron chi connectivity index (χ0n) is 9.24. The predicted octanol–water partition coefficient (Wildman–Crippen LogP) is -0.0777. The van der Waals surface area contributed by atoms with Crippen molar-refractivity contribution in [1.29, 1.82) is 0 Å². The van der Waals surface area contributed by atoms with Crippen LogP contribution in [0.5, 0.6) is 0 Å². The Morgan fingerprint density at radius 3 is 3.00 bits per heavy atom. The number of aliphatic hydroxyl groups excluding tert-OH is 1. The van der Waals surface area contributed by atoms with Crippen molar-refractivity contribution < 1.29 is 9.90 Å². The van der Waals surface area contributed by atoms with E-state index in [1.165, 1.54) is 0 Å². The number of nitrogens with zero attached hydrogens (tertiary/aromatic N) is 1. The molecule has 0 radical (unpaired) electrons. The number of thioether (sulfide) groups is 1. The molecule has 0 aromatic carbocycles. The number of amides is 1. The molecule has 1 fully saturated rings. The number of likely N-dealkylation sites (N-methyl/N-ethyl adjacent to an activating group) is 1. The van der Waals surface area contributed by atoms with E-state index in [9.17, 15) is 4.79 Å². The van der Waals surface area contributed by atoms with E-state index >= 15 is 0 Å². The molecule has 15 heavy (non-hydrogen) atoms. The monoisotopic (exact) mass is 232 g/mol. The van der Waals surface area contributed by atoms with Gasteiger partial charge in [0.2, 0.25) is 5.91 Å². The van der Waals surface area contributed by atoms with Crippen LogP contribution >= 0.6 is 11.8 Å². The first-order valence-electron chi connectivity index (χ1n) is 5.47. The summed E-state index contributed by atoms with van der Waals surface area (Å²) in [5.41, 5.74) is 0. The van der Waals surface area contributed by atoms with Gasteiger partial charge in [0.05, 0.1) is 6.61 Å². The van der Waals surface area contributed by atoms with Gasteiger partial charge in [-0.05, 0) is 6.92 Å². The fourth-order valence-electron chi connectivity index (χ4n) is 1.67. The number of hydrogen-bond acceptors (Lipinski definition) is 4. The lowest BCUT2D eigenvalue weighted by Gasteiger charge is -2.26. The largest absolute Gasteiger partial charge is 0.395 e. The fourth-order valence-corrected chi connectivity index (χ4v) is 2.62. The summed E-state index contributed by atoms with van der Waals surface area (Å²) in [5, 5.41) is 12.1. The van der Waals surface area contributed by atoms with E-state index in [4.69, 9.17) is 5.11 Å². The SMILES string of the molecule is CCN(CCO)C(=O)CC1CSCCN1. The molecule has 1 amide bonds. The molecule has 1 rings (SSSR count). The zero-order chi connectivity index (χ0) is 11.1. The highest BCUT2D eigenvalue weighted by molar-refractivity contribution is 7.99. The Kier molecular flexibility index (Phi) is 6.05. The van der Waals surface area contributed by atoms with Gasteiger partial charge in [0.15, 0.2) is 0 Å². The second-order valence-electron chi connectivity index (χ2n) is 3.63. The summed E-state index contributed by atoms with van der Waals surface area (Å²) in [6, 6.07) is 0.309. The van der Waals surface area contributed by atoms with Crippen LogP contribution in [0, 0.1) is 0 Å². The zero-order valence-corrected chi connectivity index (χ0v) is 10.1. The van der Waals surface area contributed by atoms with Crippen molar-refractivity contribution in [3.05, 3.63) is 0 Å². The number of nitrogens with one attached hydrogen (secondary N) is 1. The normalized spacial score (nSPS) is 21.3. The number of aliphatic hydroxyl groups is 1. The first-order valence-corrected chi connectivity index (χ1v) is 6.63. The van der Waals surface area contributed by atoms with E-state index in [2.05, 4.69) is 5.32 Å². The van der Waals surface area contributed by atoms with Crippen molar-refractivity contribution in [3.63, 3.8) is 0 Å². The van der Waals surface area contributed by atoms with Gasteiger partial charge in [-0.3, -0.25) is 4.79 Å². The maximum atomic E-state index is 11.8. The van der Waals surface area contributed by atoms with Crippen LogP contribution in [0.3, 0.4) is 0 Å². The van der Waals surface area contributed by atoms with E-state index in [0.717, 1.165) is 18.1 Å². The van der Waals surface area contributed by atoms with E-state index in [1.807, 2.05) is 18.7 Å². The number of carbonyl (C=O) groups is 1. The van der Waals surface area contributed by atoms with Crippen molar-refractivity contribution in [2.24, 2.45) is 0 Å². The van der Waals surface area contributed by atoms with Crippen molar-refractivity contribution in [2.75, 3.05) is 37.7 Å². The van der Waals surface area contributed by atoms with Gasteiger partial charge >= 0.3 is 0 Å². The van der Waals surface area contributed by atoms with Crippen LogP contribution in [0.25, 0.3) is 0 Å². The van der Waals surface area contributed by atoms with Crippen molar-refractivity contribution in [2.45, 2.75) is 19.4 Å². The third-order valence-corrected chi connectivity index (χ3v) is 3.65. The lowest BCUT2D eigenvalue weighted by Crippen LogP contribution is -2.43. The van der Waals surface area contributed by atoms with E-state index in [1.54, 1.807) is 4.90 Å². The molecule has 0 saturated carbocycles. The molecule has 88 valence electrons. The number of hydrogen-bond donors (Lipinski definition) is 2. The van der Waals surface area contributed by atoms with Crippen LogP contribution in [0.4, 0.5) is 0 Å². The van der Waals surface area contributed by atoms with E-state index in [-0.39, 0.29) is 12.5 Å². The predicted molar refractivity (Wildman–Crippen MR) is 63.1 cm³/mol. The highest BCUT2D eigenvalue weighted by atomic mass is 32.2. The standard InChI is InChI=1S/C10H20N2O2S/c1-2-12(4-5-13)10(14)7-9-8-15-6-3-11-9/h9,11,13H,2-8H2,1H3. The molecular weight excluding hydrogens is 212 g/mol. The molecule has 0 aromatic heterocycles. The maximum absolute atomic E-state index is 11.8. The minimum atomic E-state index is 0.0480. The maximum Gasteiger partial charge on any atom is 0.224 e. The Bertz CT molecular complexity index is 196. The lowest BCUT2D eigenvalue weighted by atomic mass is 10.2. The molecule has 0 aromatic rings. The summed E-state index contributed by atoms with van der Waals surface area (Å²) in [6.45, 7) is 4.12. The average molecular weight is 232 g/mol. The third-order valence-electron chi connectivity index (χ3n) is 2.52. The van der Waals surface area contributed by atoms with Crippen molar-refractivity contribution >= 4 is 17.7 Å². The van der Waals surface area contributed by atoms with Gasteiger partial charge in [-0.25, -0.2) is 0 Å². The molecule has 1 atom stereocenters. The average Bonchev–Trinajstić information content (AvgIpc) is 2.27. The van der Waals surface area contributed by atoms with Gasteiger partial charge in [-0.1, -0.05) is 0 Å². The molecule has 5 heteroatoms. The molecule has 1 heterocycles. The Morgan fingerprint density at radius 1 is 1.67 bits per heavy atom. The van der Waals surface area contributed by atoms with Gasteiger partial charge in [0, 0.05) is 43.6 Å². The van der Waals surface area contributed by atoms with Crippen molar-refractivity contribution in [1.82, 2.24) is 10.2 Å². The smallest absolute Gasteiger partial charge is 0.224 e. The van der Waals surface area contributed by atoms with Crippen molar-refractivity contribution in [3.8, 4) is 0 Å². The summed E-state index contributed by atoms with van der Waals surface area (Å²) < 4.78 is 0. The van der Waals surface area contributed by atoms with E-state index in [0.29, 0.717) is 25.6 Å². The van der Waals surface area contributed by atoms with Crippen LogP contribution in [-0.4, -0.2) is 59.7 Å². The quantitative estimate of drug-likeness (QED) is 0.696. The summed E-state index contributed by atoms with van der Waals surface area (Å²) in [6.07, 6.45) is 0.556. The molecular formula is C10H20N2O2S. The molecule has 1 unspecified atom stereocenters. The summed E-state index contributed by atoms with van der Waals surface area (Å²) >= 11 is 1.90. The van der Waals surface area contributed by atoms with Gasteiger partial charge in [-0.15, -0.1) is 0 Å². The molecule has 0 aliphatic carbocycles. The molecule has 0 spiro atoms. The van der Waals surface area contributed by atoms with Gasteiger partial charge in [0.1, 0.15) is 0 Å². The third kappa shape index (κ3) is 4.40. The second kappa shape index (κ2) is 7.09. The summed E-state index contributed by atoms with van der Waals surface area (Å²) in [7, 11) is 0. The highest BCUT2D eigenvalue weighted by Crippen LogP contribution is 2.11. The molecule has 1 aliphatic heterocycles. The van der Waals surface area contributed by atoms with Gasteiger partial charge in [-0.2, -0.15) is 11.8 Å². The molecule has 2 N–H and O–H groups in total. The van der Waals surface area contributed by atoms with Crippen LogP contribution in [-0.2, 0) is 4.79 Å². The van der Waals surface area contributed by atoms with Gasteiger partial charge < -0.3 is 15.3 Å². The molecule has 1 saturated heterocycles. The number of rotatable bonds is 5. The fraction of sp³-hybridized carbons (Fsp3) is 0.900. The minimum Gasteiger partial charge on any atom is -0.395 e. The highest BCUT2D eigenvalue weighted by Gasteiger charge is 2.19. The molecule has 4 nitrogen and oxygen atoms in total. The second-order valence-corrected chi connectivity index (χ2v) is 4.78. The Hall–Kier alpha value is -0.260. The minimum absolute atomic E-state index is 0.0480. The van der Waals surface area contributed by atoms with Crippen LogP contribution in [0.1, 0.15) is 13.3 Å². The van der Waals surface area contributed by atoms with Crippen LogP contribution in [0.2, 0.25) is 0 Å². The summed E-state index contributed by atoms with van der Waals surface area (Å²) in [5.74, 6) is 2.30. The lowest BCUT2D eigenvalue weighted by molar-refractivity contribution is -0.131.